The van der Waals surface area contributed by atoms with Crippen LogP contribution in [0.3, 0.4) is 0 Å². The fraction of sp³-hybridized carbons (Fsp3) is 1.00. The van der Waals surface area contributed by atoms with Crippen LogP contribution in [0.15, 0.2) is 4.52 Å². The van der Waals surface area contributed by atoms with Crippen molar-refractivity contribution >= 4 is 57.8 Å². The highest BCUT2D eigenvalue weighted by Gasteiger charge is 2.35. The zero-order valence-corrected chi connectivity index (χ0v) is 15.5. The Morgan fingerprint density at radius 3 is 2.37 bits per heavy atom. The van der Waals surface area contributed by atoms with Gasteiger partial charge >= 0.3 is 0 Å². The maximum atomic E-state index is 11.2. The van der Waals surface area contributed by atoms with Crippen LogP contribution < -0.4 is 0 Å². The van der Waals surface area contributed by atoms with Gasteiger partial charge < -0.3 is 4.74 Å². The van der Waals surface area contributed by atoms with Crippen molar-refractivity contribution in [3.63, 3.8) is 0 Å². The second-order valence-electron chi connectivity index (χ2n) is 4.25. The van der Waals surface area contributed by atoms with Crippen molar-refractivity contribution in [2.24, 2.45) is 4.52 Å². The summed E-state index contributed by atoms with van der Waals surface area (Å²) in [6.45, 7) is 0.321. The first-order valence-electron chi connectivity index (χ1n) is 5.68. The molecule has 1 rings (SSSR count). The highest BCUT2D eigenvalue weighted by atomic mass is 79.9. The van der Waals surface area contributed by atoms with E-state index in [9.17, 15) is 8.42 Å². The topological polar surface area (TPSA) is 92.1 Å². The lowest BCUT2D eigenvalue weighted by atomic mass is 9.97. The lowest BCUT2D eigenvalue weighted by molar-refractivity contribution is 0.0423. The molecule has 110 valence electrons. The Bertz CT molecular complexity index is 429. The number of ether oxygens (including phenoxy) is 1. The summed E-state index contributed by atoms with van der Waals surface area (Å²) in [6, 6.07) is 0. The zero-order valence-electron chi connectivity index (χ0n) is 9.95. The number of nitrogens with zero attached hydrogens (tertiary/aromatic N) is 3. The minimum absolute atomic E-state index is 0.0102. The molecular weight excluding hydrogens is 470 g/mol. The van der Waals surface area contributed by atoms with Gasteiger partial charge in [-0.2, -0.15) is 0 Å². The smallest absolute Gasteiger partial charge is 0.235 e. The van der Waals surface area contributed by atoms with Crippen molar-refractivity contribution < 1.29 is 13.2 Å². The van der Waals surface area contributed by atoms with Gasteiger partial charge in [0.1, 0.15) is 0 Å². The minimum atomic E-state index is -3.67. The van der Waals surface area contributed by atoms with E-state index in [0.29, 0.717) is 17.9 Å². The largest absolute Gasteiger partial charge is 0.376 e. The van der Waals surface area contributed by atoms with Crippen molar-refractivity contribution in [3.05, 3.63) is 10.4 Å². The molecule has 0 aromatic rings. The van der Waals surface area contributed by atoms with E-state index in [-0.39, 0.29) is 21.5 Å². The van der Waals surface area contributed by atoms with Gasteiger partial charge in [0.05, 0.1) is 11.9 Å². The molecule has 2 unspecified atom stereocenters. The molecule has 2 atom stereocenters. The summed E-state index contributed by atoms with van der Waals surface area (Å²) >= 11 is 10.7. The van der Waals surface area contributed by atoms with E-state index in [2.05, 4.69) is 57.2 Å². The zero-order chi connectivity index (χ0) is 14.5. The van der Waals surface area contributed by atoms with Crippen molar-refractivity contribution in [2.75, 3.05) is 12.4 Å². The number of alkyl halides is 3. The molecule has 0 heterocycles. The third-order valence-electron chi connectivity index (χ3n) is 2.69. The molecule has 1 aliphatic rings. The van der Waals surface area contributed by atoms with Gasteiger partial charge in [-0.15, -0.1) is 0 Å². The SMILES string of the molecule is [N-]=[N+]=NS(=O)(=O)CCCOC1C(Br)CC(Br)CC1Br. The van der Waals surface area contributed by atoms with Crippen molar-refractivity contribution in [1.29, 1.82) is 0 Å². The molecule has 0 aromatic heterocycles. The van der Waals surface area contributed by atoms with Crippen LogP contribution in [-0.2, 0) is 14.8 Å². The Balaban J connectivity index is 2.35. The maximum absolute atomic E-state index is 11.2. The fourth-order valence-corrected chi connectivity index (χ4v) is 6.68. The standard InChI is InChI=1S/C9H14Br3N3O3S/c10-6-4-7(11)9(8(12)5-6)18-2-1-3-19(16,17)15-14-13/h6-9H,1-5H2. The van der Waals surface area contributed by atoms with Gasteiger partial charge in [0.15, 0.2) is 0 Å². The first-order valence-corrected chi connectivity index (χ1v) is 10.0. The number of azide groups is 1. The summed E-state index contributed by atoms with van der Waals surface area (Å²) < 4.78 is 30.8. The highest BCUT2D eigenvalue weighted by molar-refractivity contribution is 9.10. The Labute approximate surface area is 137 Å². The normalized spacial score (nSPS) is 31.7. The molecule has 0 radical (unpaired) electrons. The molecular formula is C9H14Br3N3O3S. The van der Waals surface area contributed by atoms with E-state index in [4.69, 9.17) is 10.3 Å². The fourth-order valence-electron chi connectivity index (χ4n) is 1.85. The van der Waals surface area contributed by atoms with Gasteiger partial charge in [-0.1, -0.05) is 47.8 Å². The molecule has 0 spiro atoms. The summed E-state index contributed by atoms with van der Waals surface area (Å²) in [5.41, 5.74) is 8.09. The molecule has 0 aromatic carbocycles. The van der Waals surface area contributed by atoms with Crippen LogP contribution in [0.4, 0.5) is 0 Å². The van der Waals surface area contributed by atoms with E-state index in [1.165, 1.54) is 0 Å². The van der Waals surface area contributed by atoms with Gasteiger partial charge in [-0.25, -0.2) is 8.42 Å². The molecule has 0 N–H and O–H groups in total. The molecule has 0 aliphatic heterocycles. The molecule has 10 heteroatoms. The predicted molar refractivity (Wildman–Crippen MR) is 84.7 cm³/mol. The van der Waals surface area contributed by atoms with Gasteiger partial charge in [0.2, 0.25) is 10.0 Å². The molecule has 1 saturated carbocycles. The van der Waals surface area contributed by atoms with Gasteiger partial charge in [-0.05, 0) is 24.8 Å². The van der Waals surface area contributed by atoms with Gasteiger partial charge in [0.25, 0.3) is 0 Å². The van der Waals surface area contributed by atoms with E-state index >= 15 is 0 Å². The third-order valence-corrected chi connectivity index (χ3v) is 6.36. The van der Waals surface area contributed by atoms with Crippen LogP contribution in [0.5, 0.6) is 0 Å². The third kappa shape index (κ3) is 6.31. The van der Waals surface area contributed by atoms with Crippen LogP contribution in [0.25, 0.3) is 10.4 Å². The molecule has 6 nitrogen and oxygen atoms in total. The second-order valence-corrected chi connectivity index (χ2v) is 9.63. The predicted octanol–water partition coefficient (Wildman–Crippen LogP) is 3.49. The first-order chi connectivity index (χ1) is 8.85. The van der Waals surface area contributed by atoms with E-state index in [0.717, 1.165) is 12.8 Å². The molecule has 0 amide bonds. The Morgan fingerprint density at radius 2 is 1.84 bits per heavy atom. The number of halogens is 3. The minimum Gasteiger partial charge on any atom is -0.376 e. The average Bonchev–Trinajstić information content (AvgIpc) is 2.26. The molecule has 0 saturated heterocycles. The highest BCUT2D eigenvalue weighted by Crippen LogP contribution is 2.35. The Morgan fingerprint density at radius 1 is 1.26 bits per heavy atom. The summed E-state index contributed by atoms with van der Waals surface area (Å²) in [5.74, 6) is -0.190. The lowest BCUT2D eigenvalue weighted by Gasteiger charge is -2.34. The quantitative estimate of drug-likeness (QED) is 0.190. The lowest BCUT2D eigenvalue weighted by Crippen LogP contribution is -2.41. The average molecular weight is 484 g/mol. The van der Waals surface area contributed by atoms with Crippen LogP contribution in [0.2, 0.25) is 0 Å². The van der Waals surface area contributed by atoms with Crippen molar-refractivity contribution in [3.8, 4) is 0 Å². The summed E-state index contributed by atoms with van der Waals surface area (Å²) in [7, 11) is -3.67. The van der Waals surface area contributed by atoms with Crippen LogP contribution in [0, 0.1) is 0 Å². The first kappa shape index (κ1) is 17.7. The maximum Gasteiger partial charge on any atom is 0.235 e. The number of rotatable bonds is 6. The van der Waals surface area contributed by atoms with Crippen LogP contribution in [0.1, 0.15) is 19.3 Å². The summed E-state index contributed by atoms with van der Waals surface area (Å²) in [5, 5.41) is 0. The number of sulfonamides is 1. The van der Waals surface area contributed by atoms with E-state index in [1.54, 1.807) is 0 Å². The van der Waals surface area contributed by atoms with Crippen LogP contribution in [-0.4, -0.2) is 41.4 Å². The van der Waals surface area contributed by atoms with Crippen LogP contribution >= 0.6 is 47.8 Å². The van der Waals surface area contributed by atoms with Gasteiger partial charge in [-0.3, -0.25) is 0 Å². The van der Waals surface area contributed by atoms with Crippen molar-refractivity contribution in [2.45, 2.75) is 39.8 Å². The summed E-state index contributed by atoms with van der Waals surface area (Å²) in [6.07, 6.45) is 2.25. The Hall–Kier alpha value is 0.660. The van der Waals surface area contributed by atoms with Crippen molar-refractivity contribution in [1.82, 2.24) is 0 Å². The monoisotopic (exact) mass is 481 g/mol. The molecule has 1 fully saturated rings. The van der Waals surface area contributed by atoms with E-state index in [1.807, 2.05) is 0 Å². The second kappa shape index (κ2) is 8.19. The van der Waals surface area contributed by atoms with Gasteiger partial charge in [0, 0.05) is 30.5 Å². The molecule has 0 bridgehead atoms. The number of hydrogen-bond acceptors (Lipinski definition) is 3. The Kier molecular flexibility index (Phi) is 7.63. The summed E-state index contributed by atoms with van der Waals surface area (Å²) in [4.78, 5) is 3.19. The molecule has 1 aliphatic carbocycles. The molecule has 19 heavy (non-hydrogen) atoms. The van der Waals surface area contributed by atoms with E-state index < -0.39 is 10.0 Å². The number of hydrogen-bond donors (Lipinski definition) is 0.